The number of nitrogens with one attached hydrogen (secondary N) is 1. The lowest BCUT2D eigenvalue weighted by atomic mass is 10.4. The topological polar surface area (TPSA) is 54.9 Å². The van der Waals surface area contributed by atoms with E-state index in [2.05, 4.69) is 30.6 Å². The number of carbonyl (C=O) groups is 1. The van der Waals surface area contributed by atoms with Gasteiger partial charge >= 0.3 is 0 Å². The highest BCUT2D eigenvalue weighted by molar-refractivity contribution is 9.11. The van der Waals surface area contributed by atoms with Crippen molar-refractivity contribution in [1.29, 1.82) is 0 Å². The molecule has 0 aliphatic rings. The molecule has 0 aliphatic heterocycles. The number of anilines is 1. The third kappa shape index (κ3) is 2.66. The molecule has 0 saturated carbocycles. The van der Waals surface area contributed by atoms with E-state index in [1.54, 1.807) is 18.3 Å². The molecule has 2 heterocycles. The van der Waals surface area contributed by atoms with Crippen molar-refractivity contribution in [1.82, 2.24) is 9.36 Å². The van der Waals surface area contributed by atoms with E-state index < -0.39 is 0 Å². The van der Waals surface area contributed by atoms with Crippen LogP contribution in [0.5, 0.6) is 0 Å². The quantitative estimate of drug-likeness (QED) is 0.944. The summed E-state index contributed by atoms with van der Waals surface area (Å²) < 4.78 is 5.23. The van der Waals surface area contributed by atoms with Gasteiger partial charge in [-0.3, -0.25) is 4.79 Å². The number of halogens is 1. The zero-order valence-corrected chi connectivity index (χ0v) is 11.6. The molecule has 4 nitrogen and oxygen atoms in total. The van der Waals surface area contributed by atoms with Crippen LogP contribution in [0.1, 0.15) is 13.3 Å². The highest BCUT2D eigenvalue weighted by atomic mass is 79.9. The smallest absolute Gasteiger partial charge is 0.225 e. The van der Waals surface area contributed by atoms with Crippen molar-refractivity contribution in [2.75, 3.05) is 5.32 Å². The van der Waals surface area contributed by atoms with Crippen molar-refractivity contribution in [2.45, 2.75) is 13.3 Å². The number of nitrogens with zero attached hydrogens (tertiary/aromatic N) is 2. The molecule has 0 radical (unpaired) electrons. The summed E-state index contributed by atoms with van der Waals surface area (Å²) in [6, 6.07) is 3.90. The summed E-state index contributed by atoms with van der Waals surface area (Å²) in [4.78, 5) is 16.4. The van der Waals surface area contributed by atoms with Gasteiger partial charge in [0.1, 0.15) is 0 Å². The van der Waals surface area contributed by atoms with Crippen LogP contribution in [0.3, 0.4) is 0 Å². The first-order chi connectivity index (χ1) is 7.69. The lowest BCUT2D eigenvalue weighted by Crippen LogP contribution is -2.08. The van der Waals surface area contributed by atoms with Gasteiger partial charge in [0.05, 0.1) is 8.66 Å². The molecule has 1 amide bonds. The number of aromatic nitrogens is 2. The molecule has 0 fully saturated rings. The molecule has 2 aromatic rings. The molecular weight excluding hydrogens is 310 g/mol. The average molecular weight is 318 g/mol. The molecule has 7 heteroatoms. The number of hydrogen-bond acceptors (Lipinski definition) is 5. The number of rotatable bonds is 3. The standard InChI is InChI=1S/C9H8BrN3OS2/c1-2-7(14)11-9-12-8(13-16-9)5-3-4-6(10)15-5/h3-4H,2H2,1H3,(H,11,12,13,14). The SMILES string of the molecule is CCC(=O)Nc1nc(-c2ccc(Br)s2)ns1. The molecule has 0 unspecified atom stereocenters. The van der Waals surface area contributed by atoms with Crippen molar-refractivity contribution in [2.24, 2.45) is 0 Å². The number of hydrogen-bond donors (Lipinski definition) is 1. The Balaban J connectivity index is 2.16. The summed E-state index contributed by atoms with van der Waals surface area (Å²) >= 11 is 6.14. The zero-order valence-electron chi connectivity index (χ0n) is 8.36. The molecule has 84 valence electrons. The Morgan fingerprint density at radius 3 is 3.00 bits per heavy atom. The number of amides is 1. The maximum Gasteiger partial charge on any atom is 0.225 e. The van der Waals surface area contributed by atoms with E-state index in [0.717, 1.165) is 8.66 Å². The first-order valence-electron chi connectivity index (χ1n) is 4.58. The van der Waals surface area contributed by atoms with Crippen LogP contribution in [-0.2, 0) is 4.79 Å². The van der Waals surface area contributed by atoms with Gasteiger partial charge in [0, 0.05) is 18.0 Å². The number of carbonyl (C=O) groups excluding carboxylic acids is 1. The van der Waals surface area contributed by atoms with Crippen LogP contribution in [0.2, 0.25) is 0 Å². The van der Waals surface area contributed by atoms with Crippen LogP contribution in [0.15, 0.2) is 15.9 Å². The Hall–Kier alpha value is -0.790. The molecule has 16 heavy (non-hydrogen) atoms. The van der Waals surface area contributed by atoms with Gasteiger partial charge in [-0.25, -0.2) is 0 Å². The molecule has 0 aromatic carbocycles. The maximum absolute atomic E-state index is 11.2. The highest BCUT2D eigenvalue weighted by Crippen LogP contribution is 2.30. The fourth-order valence-corrected chi connectivity index (χ4v) is 2.99. The molecule has 0 saturated heterocycles. The van der Waals surface area contributed by atoms with Crippen LogP contribution in [0.4, 0.5) is 5.13 Å². The third-order valence-corrected chi connectivity index (χ3v) is 4.04. The van der Waals surface area contributed by atoms with Gasteiger partial charge in [-0.2, -0.15) is 9.36 Å². The average Bonchev–Trinajstić information content (AvgIpc) is 2.87. The van der Waals surface area contributed by atoms with Crippen LogP contribution < -0.4 is 5.32 Å². The molecule has 0 spiro atoms. The minimum atomic E-state index is -0.0462. The van der Waals surface area contributed by atoms with E-state index in [0.29, 0.717) is 17.4 Å². The van der Waals surface area contributed by atoms with Gasteiger partial charge < -0.3 is 5.32 Å². The molecule has 0 atom stereocenters. The lowest BCUT2D eigenvalue weighted by Gasteiger charge is -1.94. The van der Waals surface area contributed by atoms with Gasteiger partial charge in [0.2, 0.25) is 11.0 Å². The van der Waals surface area contributed by atoms with E-state index in [9.17, 15) is 4.79 Å². The largest absolute Gasteiger partial charge is 0.301 e. The molecule has 0 bridgehead atoms. The van der Waals surface area contributed by atoms with Crippen molar-refractivity contribution in [3.05, 3.63) is 15.9 Å². The van der Waals surface area contributed by atoms with Gasteiger partial charge in [-0.1, -0.05) is 6.92 Å². The highest BCUT2D eigenvalue weighted by Gasteiger charge is 2.09. The molecule has 1 N–H and O–H groups in total. The van der Waals surface area contributed by atoms with E-state index >= 15 is 0 Å². The van der Waals surface area contributed by atoms with Crippen molar-refractivity contribution < 1.29 is 4.79 Å². The Labute approximate surface area is 109 Å². The molecule has 0 aliphatic carbocycles. The summed E-state index contributed by atoms with van der Waals surface area (Å²) in [5.41, 5.74) is 0. The minimum absolute atomic E-state index is 0.0462. The Morgan fingerprint density at radius 2 is 2.38 bits per heavy atom. The maximum atomic E-state index is 11.2. The second kappa shape index (κ2) is 5.03. The number of thiophene rings is 1. The third-order valence-electron chi connectivity index (χ3n) is 1.79. The fraction of sp³-hybridized carbons (Fsp3) is 0.222. The van der Waals surface area contributed by atoms with E-state index in [1.807, 2.05) is 12.1 Å². The predicted molar refractivity (Wildman–Crippen MR) is 69.8 cm³/mol. The minimum Gasteiger partial charge on any atom is -0.301 e. The van der Waals surface area contributed by atoms with E-state index in [4.69, 9.17) is 0 Å². The lowest BCUT2D eigenvalue weighted by molar-refractivity contribution is -0.115. The summed E-state index contributed by atoms with van der Waals surface area (Å²) in [5.74, 6) is 0.613. The van der Waals surface area contributed by atoms with Crippen LogP contribution in [0.25, 0.3) is 10.7 Å². The first kappa shape index (κ1) is 11.7. The second-order valence-corrected chi connectivity index (χ2v) is 6.14. The summed E-state index contributed by atoms with van der Waals surface area (Å²) in [6.07, 6.45) is 0.444. The molecule has 2 aromatic heterocycles. The summed E-state index contributed by atoms with van der Waals surface area (Å²) in [7, 11) is 0. The van der Waals surface area contributed by atoms with Crippen LogP contribution >= 0.6 is 38.8 Å². The Kier molecular flexibility index (Phi) is 3.67. The van der Waals surface area contributed by atoms with E-state index in [-0.39, 0.29) is 5.91 Å². The summed E-state index contributed by atoms with van der Waals surface area (Å²) in [6.45, 7) is 1.80. The fourth-order valence-electron chi connectivity index (χ4n) is 1.02. The first-order valence-corrected chi connectivity index (χ1v) is 6.96. The van der Waals surface area contributed by atoms with Gasteiger partial charge in [0.15, 0.2) is 5.82 Å². The zero-order chi connectivity index (χ0) is 11.5. The van der Waals surface area contributed by atoms with Crippen molar-refractivity contribution >= 4 is 49.8 Å². The van der Waals surface area contributed by atoms with Gasteiger partial charge in [-0.15, -0.1) is 11.3 Å². The second-order valence-electron chi connectivity index (χ2n) is 2.93. The van der Waals surface area contributed by atoms with Crippen molar-refractivity contribution in [3.8, 4) is 10.7 Å². The van der Waals surface area contributed by atoms with Gasteiger partial charge in [0.25, 0.3) is 0 Å². The van der Waals surface area contributed by atoms with E-state index in [1.165, 1.54) is 11.5 Å². The monoisotopic (exact) mass is 317 g/mol. The molecule has 2 rings (SSSR count). The Bertz CT molecular complexity index is 508. The predicted octanol–water partition coefficient (Wildman–Crippen LogP) is 3.38. The summed E-state index contributed by atoms with van der Waals surface area (Å²) in [5, 5.41) is 3.23. The van der Waals surface area contributed by atoms with Crippen LogP contribution in [-0.4, -0.2) is 15.3 Å². The normalized spacial score (nSPS) is 10.4. The van der Waals surface area contributed by atoms with Gasteiger partial charge in [-0.05, 0) is 28.1 Å². The van der Waals surface area contributed by atoms with Crippen molar-refractivity contribution in [3.63, 3.8) is 0 Å². The Morgan fingerprint density at radius 1 is 1.56 bits per heavy atom. The van der Waals surface area contributed by atoms with Crippen LogP contribution in [0, 0.1) is 0 Å². The molecular formula is C9H8BrN3OS2.